The Labute approximate surface area is 146 Å². The fraction of sp³-hybridized carbons (Fsp3) is 0.316. The van der Waals surface area contributed by atoms with E-state index in [1.165, 1.54) is 0 Å². The van der Waals surface area contributed by atoms with Crippen molar-refractivity contribution < 1.29 is 9.84 Å². The Morgan fingerprint density at radius 1 is 1.20 bits per heavy atom. The van der Waals surface area contributed by atoms with Crippen LogP contribution in [0, 0.1) is 6.92 Å². The molecule has 0 unspecified atom stereocenters. The van der Waals surface area contributed by atoms with E-state index in [1.807, 2.05) is 47.9 Å². The van der Waals surface area contributed by atoms with Crippen LogP contribution in [0.1, 0.15) is 36.6 Å². The summed E-state index contributed by atoms with van der Waals surface area (Å²) < 4.78 is 7.25. The number of aryl methyl sites for hydroxylation is 1. The van der Waals surface area contributed by atoms with Crippen molar-refractivity contribution in [1.29, 1.82) is 0 Å². The van der Waals surface area contributed by atoms with Crippen molar-refractivity contribution in [2.45, 2.75) is 33.3 Å². The number of pyridine rings is 1. The Morgan fingerprint density at radius 3 is 2.68 bits per heavy atom. The molecule has 0 saturated heterocycles. The lowest BCUT2D eigenvalue weighted by atomic mass is 10.1. The summed E-state index contributed by atoms with van der Waals surface area (Å²) in [4.78, 5) is 4.66. The Bertz CT molecular complexity index is 929. The molecule has 6 heteroatoms. The van der Waals surface area contributed by atoms with Crippen molar-refractivity contribution in [3.05, 3.63) is 53.3 Å². The second-order valence-electron chi connectivity index (χ2n) is 6.27. The second kappa shape index (κ2) is 7.03. The highest BCUT2D eigenvalue weighted by Gasteiger charge is 2.15. The number of hydrogen-bond donors (Lipinski definition) is 1. The average Bonchev–Trinajstić information content (AvgIpc) is 2.98. The predicted molar refractivity (Wildman–Crippen MR) is 97.1 cm³/mol. The molecule has 1 aromatic carbocycles. The van der Waals surface area contributed by atoms with Crippen LogP contribution in [-0.2, 0) is 6.61 Å². The second-order valence-corrected chi connectivity index (χ2v) is 6.27. The third-order valence-electron chi connectivity index (χ3n) is 4.01. The number of hydrogen-bond acceptors (Lipinski definition) is 5. The Hall–Kier alpha value is -2.73. The van der Waals surface area contributed by atoms with Crippen LogP contribution < -0.4 is 4.74 Å². The number of benzene rings is 1. The first-order valence-corrected chi connectivity index (χ1v) is 8.21. The van der Waals surface area contributed by atoms with Crippen molar-refractivity contribution in [2.24, 2.45) is 10.2 Å². The van der Waals surface area contributed by atoms with Gasteiger partial charge in [-0.3, -0.25) is 4.40 Å². The monoisotopic (exact) mass is 338 g/mol. The van der Waals surface area contributed by atoms with Gasteiger partial charge < -0.3 is 9.84 Å². The molecule has 0 aliphatic rings. The van der Waals surface area contributed by atoms with Gasteiger partial charge in [0.2, 0.25) is 0 Å². The quantitative estimate of drug-likeness (QED) is 0.686. The van der Waals surface area contributed by atoms with Crippen LogP contribution in [0.4, 0.5) is 11.5 Å². The fourth-order valence-corrected chi connectivity index (χ4v) is 2.66. The number of aliphatic hydroxyl groups excluding tert-OH is 1. The van der Waals surface area contributed by atoms with E-state index in [4.69, 9.17) is 4.74 Å². The van der Waals surface area contributed by atoms with Crippen molar-refractivity contribution in [3.8, 4) is 5.75 Å². The number of imidazole rings is 1. The number of fused-ring (bicyclic) bond motifs is 1. The molecule has 25 heavy (non-hydrogen) atoms. The van der Waals surface area contributed by atoms with Gasteiger partial charge in [0.15, 0.2) is 5.82 Å². The summed E-state index contributed by atoms with van der Waals surface area (Å²) >= 11 is 0. The average molecular weight is 338 g/mol. The molecule has 6 nitrogen and oxygen atoms in total. The normalized spacial score (nSPS) is 11.8. The molecular formula is C19H22N4O2. The number of nitrogens with zero attached hydrogens (tertiary/aromatic N) is 4. The van der Waals surface area contributed by atoms with Gasteiger partial charge >= 0.3 is 0 Å². The minimum absolute atomic E-state index is 0.0162. The highest BCUT2D eigenvalue weighted by Crippen LogP contribution is 2.33. The summed E-state index contributed by atoms with van der Waals surface area (Å²) in [6.07, 6.45) is 1.86. The number of rotatable bonds is 5. The lowest BCUT2D eigenvalue weighted by Crippen LogP contribution is -1.89. The molecule has 0 fully saturated rings. The van der Waals surface area contributed by atoms with Gasteiger partial charge in [-0.25, -0.2) is 4.98 Å². The van der Waals surface area contributed by atoms with Gasteiger partial charge in [0.1, 0.15) is 17.1 Å². The summed E-state index contributed by atoms with van der Waals surface area (Å²) in [7, 11) is 1.62. The van der Waals surface area contributed by atoms with Gasteiger partial charge in [-0.05, 0) is 48.2 Å². The molecule has 2 heterocycles. The largest absolute Gasteiger partial charge is 0.494 e. The SMILES string of the molecule is COc1ccc(C)cc1N=Nc1c(C(C)C)nc2cc(CO)ccn12. The molecule has 1 N–H and O–H groups in total. The molecule has 0 amide bonds. The molecule has 0 spiro atoms. The summed E-state index contributed by atoms with van der Waals surface area (Å²) in [5.74, 6) is 1.57. The van der Waals surface area contributed by atoms with E-state index in [1.54, 1.807) is 7.11 Å². The van der Waals surface area contributed by atoms with Gasteiger partial charge in [0, 0.05) is 6.20 Å². The van der Waals surface area contributed by atoms with Crippen LogP contribution in [0.15, 0.2) is 46.8 Å². The molecule has 0 aliphatic heterocycles. The molecule has 3 aromatic rings. The maximum Gasteiger partial charge on any atom is 0.183 e. The molecule has 0 bridgehead atoms. The number of ether oxygens (including phenoxy) is 1. The third kappa shape index (κ3) is 3.39. The zero-order valence-electron chi connectivity index (χ0n) is 14.9. The van der Waals surface area contributed by atoms with Crippen molar-refractivity contribution in [2.75, 3.05) is 7.11 Å². The van der Waals surface area contributed by atoms with E-state index < -0.39 is 0 Å². The fourth-order valence-electron chi connectivity index (χ4n) is 2.66. The lowest BCUT2D eigenvalue weighted by molar-refractivity contribution is 0.282. The molecule has 0 atom stereocenters. The van der Waals surface area contributed by atoms with Crippen LogP contribution in [0.3, 0.4) is 0 Å². The minimum Gasteiger partial charge on any atom is -0.494 e. The smallest absolute Gasteiger partial charge is 0.183 e. The van der Waals surface area contributed by atoms with Gasteiger partial charge in [0.25, 0.3) is 0 Å². The summed E-state index contributed by atoms with van der Waals surface area (Å²) in [5, 5.41) is 18.2. The van der Waals surface area contributed by atoms with E-state index >= 15 is 0 Å². The zero-order valence-corrected chi connectivity index (χ0v) is 14.9. The standard InChI is InChI=1S/C19H22N4O2/c1-12(2)18-19(23-8-7-14(11-24)10-17(23)20-18)22-21-15-9-13(3)5-6-16(15)25-4/h5-10,12,24H,11H2,1-4H3. The molecule has 0 aliphatic carbocycles. The third-order valence-corrected chi connectivity index (χ3v) is 4.01. The molecule has 0 radical (unpaired) electrons. The predicted octanol–water partition coefficient (Wildman–Crippen LogP) is 4.68. The first-order valence-electron chi connectivity index (χ1n) is 8.21. The molecule has 130 valence electrons. The van der Waals surface area contributed by atoms with Crippen molar-refractivity contribution in [3.63, 3.8) is 0 Å². The topological polar surface area (TPSA) is 71.5 Å². The Balaban J connectivity index is 2.11. The van der Waals surface area contributed by atoms with E-state index in [9.17, 15) is 5.11 Å². The number of aliphatic hydroxyl groups is 1. The van der Waals surface area contributed by atoms with Crippen LogP contribution in [0.25, 0.3) is 5.65 Å². The van der Waals surface area contributed by atoms with Gasteiger partial charge in [-0.2, -0.15) is 0 Å². The molecule has 0 saturated carbocycles. The lowest BCUT2D eigenvalue weighted by Gasteiger charge is -2.05. The van der Waals surface area contributed by atoms with Gasteiger partial charge in [-0.1, -0.05) is 19.9 Å². The first kappa shape index (κ1) is 17.1. The number of methoxy groups -OCH3 is 1. The number of azo groups is 1. The van der Waals surface area contributed by atoms with Gasteiger partial charge in [0.05, 0.1) is 19.4 Å². The highest BCUT2D eigenvalue weighted by atomic mass is 16.5. The van der Waals surface area contributed by atoms with Crippen LogP contribution in [-0.4, -0.2) is 21.6 Å². The molecule has 2 aromatic heterocycles. The maximum atomic E-state index is 9.33. The number of aromatic nitrogens is 2. The molecular weight excluding hydrogens is 316 g/mol. The van der Waals surface area contributed by atoms with Crippen LogP contribution in [0.2, 0.25) is 0 Å². The van der Waals surface area contributed by atoms with E-state index in [-0.39, 0.29) is 12.5 Å². The van der Waals surface area contributed by atoms with E-state index in [0.29, 0.717) is 17.3 Å². The molecule has 3 rings (SSSR count). The van der Waals surface area contributed by atoms with E-state index in [2.05, 4.69) is 29.1 Å². The first-order chi connectivity index (χ1) is 12.0. The summed E-state index contributed by atoms with van der Waals surface area (Å²) in [6.45, 7) is 6.13. The minimum atomic E-state index is -0.0162. The maximum absolute atomic E-state index is 9.33. The van der Waals surface area contributed by atoms with Crippen LogP contribution >= 0.6 is 0 Å². The zero-order chi connectivity index (χ0) is 18.0. The summed E-state index contributed by atoms with van der Waals surface area (Å²) in [5.41, 5.74) is 4.20. The van der Waals surface area contributed by atoms with Crippen molar-refractivity contribution >= 4 is 17.2 Å². The highest BCUT2D eigenvalue weighted by molar-refractivity contribution is 5.56. The van der Waals surface area contributed by atoms with Crippen LogP contribution in [0.5, 0.6) is 5.75 Å². The van der Waals surface area contributed by atoms with E-state index in [0.717, 1.165) is 22.5 Å². The van der Waals surface area contributed by atoms with Gasteiger partial charge in [-0.15, -0.1) is 10.2 Å². The summed E-state index contributed by atoms with van der Waals surface area (Å²) in [6, 6.07) is 9.50. The Kier molecular flexibility index (Phi) is 4.81. The Morgan fingerprint density at radius 2 is 2.00 bits per heavy atom. The van der Waals surface area contributed by atoms with Crippen molar-refractivity contribution in [1.82, 2.24) is 9.38 Å².